The van der Waals surface area contributed by atoms with Gasteiger partial charge in [0.1, 0.15) is 12.4 Å². The molecule has 0 aliphatic heterocycles. The van der Waals surface area contributed by atoms with Crippen LogP contribution in [0.2, 0.25) is 0 Å². The molecule has 3 nitrogen and oxygen atoms in total. The fourth-order valence-electron chi connectivity index (χ4n) is 2.52. The highest BCUT2D eigenvalue weighted by Crippen LogP contribution is 2.32. The van der Waals surface area contributed by atoms with Crippen molar-refractivity contribution in [1.82, 2.24) is 5.32 Å². The van der Waals surface area contributed by atoms with E-state index in [4.69, 9.17) is 9.47 Å². The van der Waals surface area contributed by atoms with Gasteiger partial charge in [-0.2, -0.15) is 0 Å². The molecule has 3 aromatic rings. The van der Waals surface area contributed by atoms with E-state index in [-0.39, 0.29) is 24.8 Å². The molecule has 1 heterocycles. The Balaban J connectivity index is 0.00000243. The van der Waals surface area contributed by atoms with Crippen LogP contribution in [-0.4, -0.2) is 7.11 Å². The molecule has 0 unspecified atom stereocenters. The van der Waals surface area contributed by atoms with Crippen LogP contribution in [0, 0.1) is 5.82 Å². The van der Waals surface area contributed by atoms with Crippen molar-refractivity contribution >= 4 is 23.7 Å². The maximum Gasteiger partial charge on any atom is 0.166 e. The number of rotatable bonds is 8. The van der Waals surface area contributed by atoms with Crippen LogP contribution in [0.15, 0.2) is 60.0 Å². The van der Waals surface area contributed by atoms with Crippen LogP contribution < -0.4 is 14.8 Å². The smallest absolute Gasteiger partial charge is 0.166 e. The lowest BCUT2D eigenvalue weighted by atomic mass is 10.1. The average molecular weight is 394 g/mol. The molecule has 1 N–H and O–H groups in total. The maximum absolute atomic E-state index is 13.8. The van der Waals surface area contributed by atoms with Crippen LogP contribution in [0.25, 0.3) is 0 Å². The van der Waals surface area contributed by atoms with E-state index in [1.807, 2.05) is 24.3 Å². The highest BCUT2D eigenvalue weighted by Gasteiger charge is 2.12. The number of benzene rings is 2. The summed E-state index contributed by atoms with van der Waals surface area (Å²) in [5.74, 6) is 1.02. The summed E-state index contributed by atoms with van der Waals surface area (Å²) in [5, 5.41) is 5.47. The van der Waals surface area contributed by atoms with E-state index in [1.54, 1.807) is 36.6 Å². The van der Waals surface area contributed by atoms with Gasteiger partial charge in [0.25, 0.3) is 0 Å². The van der Waals surface area contributed by atoms with Gasteiger partial charge in [0.05, 0.1) is 7.11 Å². The molecule has 0 saturated heterocycles. The predicted molar refractivity (Wildman–Crippen MR) is 106 cm³/mol. The first-order valence-electron chi connectivity index (χ1n) is 8.03. The highest BCUT2D eigenvalue weighted by atomic mass is 35.5. The van der Waals surface area contributed by atoms with Gasteiger partial charge in [-0.3, -0.25) is 0 Å². The molecular formula is C20H21ClFNO2S. The van der Waals surface area contributed by atoms with E-state index in [1.165, 1.54) is 10.9 Å². The van der Waals surface area contributed by atoms with Gasteiger partial charge in [0.15, 0.2) is 11.5 Å². The monoisotopic (exact) mass is 393 g/mol. The quantitative estimate of drug-likeness (QED) is 0.571. The molecule has 2 aromatic carbocycles. The van der Waals surface area contributed by atoms with Crippen molar-refractivity contribution in [3.63, 3.8) is 0 Å². The minimum Gasteiger partial charge on any atom is -0.493 e. The first-order chi connectivity index (χ1) is 12.3. The molecule has 6 heteroatoms. The van der Waals surface area contributed by atoms with E-state index in [0.717, 1.165) is 12.1 Å². The summed E-state index contributed by atoms with van der Waals surface area (Å²) in [4.78, 5) is 1.27. The first-order valence-corrected chi connectivity index (χ1v) is 8.91. The van der Waals surface area contributed by atoms with Crippen molar-refractivity contribution in [2.75, 3.05) is 7.11 Å². The number of hydrogen-bond acceptors (Lipinski definition) is 4. The summed E-state index contributed by atoms with van der Waals surface area (Å²) in [7, 11) is 1.61. The van der Waals surface area contributed by atoms with E-state index >= 15 is 0 Å². The fourth-order valence-corrected chi connectivity index (χ4v) is 3.20. The Hall–Kier alpha value is -2.08. The Bertz CT molecular complexity index is 811. The molecule has 0 saturated carbocycles. The maximum atomic E-state index is 13.8. The zero-order chi connectivity index (χ0) is 17.5. The molecule has 1 aromatic heterocycles. The molecule has 0 atom stereocenters. The summed E-state index contributed by atoms with van der Waals surface area (Å²) in [6.07, 6.45) is 0. The van der Waals surface area contributed by atoms with Crippen LogP contribution in [0.4, 0.5) is 4.39 Å². The number of ether oxygens (including phenoxy) is 2. The average Bonchev–Trinajstić information content (AvgIpc) is 3.15. The molecule has 0 fully saturated rings. The van der Waals surface area contributed by atoms with E-state index in [0.29, 0.717) is 23.6 Å². The van der Waals surface area contributed by atoms with Crippen LogP contribution in [-0.2, 0) is 19.7 Å². The lowest BCUT2D eigenvalue weighted by Gasteiger charge is -2.16. The number of para-hydroxylation sites is 1. The van der Waals surface area contributed by atoms with Crippen LogP contribution >= 0.6 is 23.7 Å². The Kier molecular flexibility index (Phi) is 7.91. The zero-order valence-electron chi connectivity index (χ0n) is 14.4. The second-order valence-corrected chi connectivity index (χ2v) is 6.54. The van der Waals surface area contributed by atoms with Crippen LogP contribution in [0.3, 0.4) is 0 Å². The predicted octanol–water partition coefficient (Wildman–Crippen LogP) is 5.19. The SMILES string of the molecule is COc1cccc(CNCc2cccs2)c1OCc1ccccc1F.Cl. The second kappa shape index (κ2) is 10.2. The summed E-state index contributed by atoms with van der Waals surface area (Å²) < 4.78 is 25.1. The van der Waals surface area contributed by atoms with Gasteiger partial charge in [-0.25, -0.2) is 4.39 Å². The summed E-state index contributed by atoms with van der Waals surface area (Å²) in [6.45, 7) is 1.59. The van der Waals surface area contributed by atoms with E-state index in [9.17, 15) is 4.39 Å². The summed E-state index contributed by atoms with van der Waals surface area (Å²) >= 11 is 1.72. The minimum atomic E-state index is -0.269. The lowest BCUT2D eigenvalue weighted by Crippen LogP contribution is -2.13. The molecule has 26 heavy (non-hydrogen) atoms. The van der Waals surface area contributed by atoms with Crippen molar-refractivity contribution in [2.24, 2.45) is 0 Å². The van der Waals surface area contributed by atoms with Crippen molar-refractivity contribution in [3.8, 4) is 11.5 Å². The third kappa shape index (κ3) is 5.21. The molecule has 0 radical (unpaired) electrons. The van der Waals surface area contributed by atoms with Gasteiger partial charge >= 0.3 is 0 Å². The molecule has 138 valence electrons. The molecule has 0 bridgehead atoms. The summed E-state index contributed by atoms with van der Waals surface area (Å²) in [5.41, 5.74) is 1.50. The van der Waals surface area contributed by atoms with E-state index in [2.05, 4.69) is 16.8 Å². The van der Waals surface area contributed by atoms with Crippen molar-refractivity contribution in [3.05, 3.63) is 81.8 Å². The third-order valence-electron chi connectivity index (χ3n) is 3.80. The van der Waals surface area contributed by atoms with Crippen molar-refractivity contribution in [1.29, 1.82) is 0 Å². The largest absolute Gasteiger partial charge is 0.493 e. The number of nitrogens with one attached hydrogen (secondary N) is 1. The summed E-state index contributed by atoms with van der Waals surface area (Å²) in [6, 6.07) is 16.5. The highest BCUT2D eigenvalue weighted by molar-refractivity contribution is 7.09. The van der Waals surface area contributed by atoms with Crippen molar-refractivity contribution < 1.29 is 13.9 Å². The number of thiophene rings is 1. The Labute approximate surface area is 163 Å². The topological polar surface area (TPSA) is 30.5 Å². The van der Waals surface area contributed by atoms with Gasteiger partial charge in [-0.15, -0.1) is 23.7 Å². The van der Waals surface area contributed by atoms with Gasteiger partial charge in [-0.05, 0) is 23.6 Å². The molecule has 0 aliphatic rings. The first kappa shape index (κ1) is 20.2. The van der Waals surface area contributed by atoms with Crippen LogP contribution in [0.1, 0.15) is 16.0 Å². The molecule has 0 aliphatic carbocycles. The second-order valence-electron chi connectivity index (χ2n) is 5.51. The van der Waals surface area contributed by atoms with Crippen LogP contribution in [0.5, 0.6) is 11.5 Å². The molecule has 0 amide bonds. The zero-order valence-corrected chi connectivity index (χ0v) is 16.0. The standard InChI is InChI=1S/C20H20FNO2S.ClH/c1-23-19-10-4-7-15(12-22-13-17-8-5-11-25-17)20(19)24-14-16-6-2-3-9-18(16)21;/h2-11,22H,12-14H2,1H3;1H. The fraction of sp³-hybridized carbons (Fsp3) is 0.200. The minimum absolute atomic E-state index is 0. The molecule has 3 rings (SSSR count). The number of hydrogen-bond donors (Lipinski definition) is 1. The van der Waals surface area contributed by atoms with Gasteiger partial charge < -0.3 is 14.8 Å². The molecule has 0 spiro atoms. The number of methoxy groups -OCH3 is 1. The lowest BCUT2D eigenvalue weighted by molar-refractivity contribution is 0.276. The Morgan fingerprint density at radius 2 is 1.77 bits per heavy atom. The normalized spacial score (nSPS) is 10.2. The van der Waals surface area contributed by atoms with Crippen molar-refractivity contribution in [2.45, 2.75) is 19.7 Å². The number of halogens is 2. The van der Waals surface area contributed by atoms with E-state index < -0.39 is 0 Å². The Morgan fingerprint density at radius 1 is 0.962 bits per heavy atom. The third-order valence-corrected chi connectivity index (χ3v) is 4.68. The molecular weight excluding hydrogens is 373 g/mol. The van der Waals surface area contributed by atoms with Gasteiger partial charge in [0.2, 0.25) is 0 Å². The Morgan fingerprint density at radius 3 is 2.50 bits per heavy atom. The van der Waals surface area contributed by atoms with Gasteiger partial charge in [0, 0.05) is 29.1 Å². The van der Waals surface area contributed by atoms with Gasteiger partial charge in [-0.1, -0.05) is 36.4 Å².